The lowest BCUT2D eigenvalue weighted by molar-refractivity contribution is 0.208. The molecule has 0 heterocycles. The number of hydrogen-bond donors (Lipinski definition) is 1. The van der Waals surface area contributed by atoms with Gasteiger partial charge in [-0.1, -0.05) is 31.1 Å². The van der Waals surface area contributed by atoms with E-state index < -0.39 is 0 Å². The van der Waals surface area contributed by atoms with Crippen LogP contribution in [0, 0.1) is 23.6 Å². The summed E-state index contributed by atoms with van der Waals surface area (Å²) in [5.74, 6) is 6.43. The predicted molar refractivity (Wildman–Crippen MR) is 77.1 cm³/mol. The molecule has 0 radical (unpaired) electrons. The Morgan fingerprint density at radius 2 is 2.00 bits per heavy atom. The van der Waals surface area contributed by atoms with Gasteiger partial charge in [0.1, 0.15) is 11.6 Å². The molecule has 2 nitrogen and oxygen atoms in total. The molecule has 0 atom stereocenters. The molecular formula is C17H21FO2. The van der Waals surface area contributed by atoms with E-state index in [0.717, 1.165) is 0 Å². The molecule has 0 bridgehead atoms. The highest BCUT2D eigenvalue weighted by Crippen LogP contribution is 2.25. The number of aliphatic hydroxyl groups excluding tert-OH is 1. The molecule has 3 heteroatoms. The van der Waals surface area contributed by atoms with Crippen LogP contribution in [0.5, 0.6) is 5.75 Å². The molecule has 1 N–H and O–H groups in total. The second-order valence-electron chi connectivity index (χ2n) is 5.27. The van der Waals surface area contributed by atoms with Gasteiger partial charge in [0.15, 0.2) is 0 Å². The molecule has 0 amide bonds. The summed E-state index contributed by atoms with van der Waals surface area (Å²) in [4.78, 5) is 0. The van der Waals surface area contributed by atoms with Gasteiger partial charge in [0.2, 0.25) is 0 Å². The van der Waals surface area contributed by atoms with E-state index in [0.29, 0.717) is 30.3 Å². The Balaban J connectivity index is 1.95. The number of halogens is 1. The lowest BCUT2D eigenvalue weighted by Gasteiger charge is -2.21. The molecule has 1 fully saturated rings. The summed E-state index contributed by atoms with van der Waals surface area (Å²) in [7, 11) is 0. The summed E-state index contributed by atoms with van der Waals surface area (Å²) in [6, 6.07) is 4.55. The van der Waals surface area contributed by atoms with Crippen LogP contribution in [0.3, 0.4) is 0 Å². The molecule has 0 unspecified atom stereocenters. The van der Waals surface area contributed by atoms with E-state index in [2.05, 4.69) is 11.8 Å². The second kappa shape index (κ2) is 7.91. The summed E-state index contributed by atoms with van der Waals surface area (Å²) in [6.07, 6.45) is 6.68. The van der Waals surface area contributed by atoms with Crippen LogP contribution in [0.4, 0.5) is 4.39 Å². The van der Waals surface area contributed by atoms with E-state index in [9.17, 15) is 4.39 Å². The van der Waals surface area contributed by atoms with E-state index in [1.807, 2.05) is 0 Å². The van der Waals surface area contributed by atoms with Gasteiger partial charge < -0.3 is 9.84 Å². The highest BCUT2D eigenvalue weighted by atomic mass is 19.1. The zero-order valence-corrected chi connectivity index (χ0v) is 11.7. The number of rotatable bonds is 4. The van der Waals surface area contributed by atoms with Crippen LogP contribution in [-0.4, -0.2) is 18.3 Å². The summed E-state index contributed by atoms with van der Waals surface area (Å²) in [5.41, 5.74) is 0.595. The van der Waals surface area contributed by atoms with E-state index in [4.69, 9.17) is 9.84 Å². The third kappa shape index (κ3) is 4.86. The monoisotopic (exact) mass is 276 g/mol. The van der Waals surface area contributed by atoms with Crippen molar-refractivity contribution in [3.8, 4) is 17.6 Å². The fourth-order valence-corrected chi connectivity index (χ4v) is 2.51. The Morgan fingerprint density at radius 3 is 2.75 bits per heavy atom. The van der Waals surface area contributed by atoms with Crippen molar-refractivity contribution in [3.63, 3.8) is 0 Å². The van der Waals surface area contributed by atoms with Crippen molar-refractivity contribution in [2.45, 2.75) is 38.5 Å². The first kappa shape index (κ1) is 14.9. The Bertz CT molecular complexity index is 481. The van der Waals surface area contributed by atoms with Gasteiger partial charge in [0, 0.05) is 18.1 Å². The topological polar surface area (TPSA) is 29.5 Å². The van der Waals surface area contributed by atoms with Gasteiger partial charge in [0.25, 0.3) is 0 Å². The fourth-order valence-electron chi connectivity index (χ4n) is 2.51. The van der Waals surface area contributed by atoms with Crippen LogP contribution in [0.15, 0.2) is 18.2 Å². The zero-order valence-electron chi connectivity index (χ0n) is 11.7. The third-order valence-corrected chi connectivity index (χ3v) is 3.55. The maximum atomic E-state index is 13.5. The summed E-state index contributed by atoms with van der Waals surface area (Å²) in [6.45, 7) is 0.681. The molecule has 1 aromatic rings. The standard InChI is InChI=1S/C17H21FO2/c18-16-10-15(8-4-5-9-19)11-17(12-16)20-13-14-6-2-1-3-7-14/h10-12,14,19H,1-3,5-7,9,13H2. The van der Waals surface area contributed by atoms with Crippen LogP contribution in [0.25, 0.3) is 0 Å². The van der Waals surface area contributed by atoms with Crippen molar-refractivity contribution in [3.05, 3.63) is 29.6 Å². The smallest absolute Gasteiger partial charge is 0.128 e. The number of benzene rings is 1. The maximum Gasteiger partial charge on any atom is 0.128 e. The predicted octanol–water partition coefficient (Wildman–Crippen LogP) is 3.52. The van der Waals surface area contributed by atoms with Crippen molar-refractivity contribution < 1.29 is 14.2 Å². The molecule has 108 valence electrons. The molecule has 0 spiro atoms. The lowest BCUT2D eigenvalue weighted by Crippen LogP contribution is -2.15. The fraction of sp³-hybridized carbons (Fsp3) is 0.529. The normalized spacial score (nSPS) is 15.5. The Hall–Kier alpha value is -1.53. The van der Waals surface area contributed by atoms with Crippen LogP contribution >= 0.6 is 0 Å². The van der Waals surface area contributed by atoms with Crippen molar-refractivity contribution in [1.82, 2.24) is 0 Å². The van der Waals surface area contributed by atoms with Crippen molar-refractivity contribution >= 4 is 0 Å². The molecule has 20 heavy (non-hydrogen) atoms. The summed E-state index contributed by atoms with van der Waals surface area (Å²) in [5, 5.41) is 8.68. The van der Waals surface area contributed by atoms with Gasteiger partial charge in [-0.05, 0) is 30.9 Å². The molecule has 1 aliphatic rings. The van der Waals surface area contributed by atoms with Crippen molar-refractivity contribution in [2.75, 3.05) is 13.2 Å². The minimum absolute atomic E-state index is 0.0212. The maximum absolute atomic E-state index is 13.5. The molecule has 0 saturated heterocycles. The quantitative estimate of drug-likeness (QED) is 0.853. The van der Waals surface area contributed by atoms with Gasteiger partial charge >= 0.3 is 0 Å². The molecule has 1 saturated carbocycles. The molecule has 0 aliphatic heterocycles. The minimum atomic E-state index is -0.334. The van der Waals surface area contributed by atoms with Crippen molar-refractivity contribution in [2.24, 2.45) is 5.92 Å². The van der Waals surface area contributed by atoms with Gasteiger partial charge in [-0.2, -0.15) is 0 Å². The van der Waals surface area contributed by atoms with Crippen LogP contribution in [0.2, 0.25) is 0 Å². The van der Waals surface area contributed by atoms with Gasteiger partial charge in [0.05, 0.1) is 13.2 Å². The second-order valence-corrected chi connectivity index (χ2v) is 5.27. The average molecular weight is 276 g/mol. The number of ether oxygens (including phenoxy) is 1. The van der Waals surface area contributed by atoms with E-state index in [-0.39, 0.29) is 12.4 Å². The summed E-state index contributed by atoms with van der Waals surface area (Å²) < 4.78 is 19.2. The highest BCUT2D eigenvalue weighted by molar-refractivity contribution is 5.40. The van der Waals surface area contributed by atoms with E-state index in [1.54, 1.807) is 6.07 Å². The summed E-state index contributed by atoms with van der Waals surface area (Å²) >= 11 is 0. The van der Waals surface area contributed by atoms with Crippen LogP contribution in [0.1, 0.15) is 44.1 Å². The van der Waals surface area contributed by atoms with Crippen LogP contribution in [-0.2, 0) is 0 Å². The molecule has 1 aromatic carbocycles. The third-order valence-electron chi connectivity index (χ3n) is 3.55. The zero-order chi connectivity index (χ0) is 14.2. The first-order chi connectivity index (χ1) is 9.78. The highest BCUT2D eigenvalue weighted by Gasteiger charge is 2.14. The average Bonchev–Trinajstić information content (AvgIpc) is 2.46. The van der Waals surface area contributed by atoms with Gasteiger partial charge in [-0.3, -0.25) is 0 Å². The van der Waals surface area contributed by atoms with Crippen molar-refractivity contribution in [1.29, 1.82) is 0 Å². The number of hydrogen-bond acceptors (Lipinski definition) is 2. The minimum Gasteiger partial charge on any atom is -0.493 e. The van der Waals surface area contributed by atoms with Gasteiger partial charge in [-0.15, -0.1) is 0 Å². The molecule has 2 rings (SSSR count). The first-order valence-electron chi connectivity index (χ1n) is 7.31. The SMILES string of the molecule is OCCC#Cc1cc(F)cc(OCC2CCCCC2)c1. The van der Waals surface area contributed by atoms with E-state index >= 15 is 0 Å². The molecule has 0 aromatic heterocycles. The largest absolute Gasteiger partial charge is 0.493 e. The molecular weight excluding hydrogens is 255 g/mol. The lowest BCUT2D eigenvalue weighted by atomic mass is 9.90. The Labute approximate surface area is 120 Å². The Kier molecular flexibility index (Phi) is 5.88. The van der Waals surface area contributed by atoms with Gasteiger partial charge in [-0.25, -0.2) is 4.39 Å². The molecule has 1 aliphatic carbocycles. The Morgan fingerprint density at radius 1 is 1.20 bits per heavy atom. The first-order valence-corrected chi connectivity index (χ1v) is 7.31. The van der Waals surface area contributed by atoms with E-state index in [1.165, 1.54) is 44.2 Å². The number of aliphatic hydroxyl groups is 1. The van der Waals surface area contributed by atoms with Crippen LogP contribution < -0.4 is 4.74 Å².